The lowest BCUT2D eigenvalue weighted by Gasteiger charge is -2.29. The Bertz CT molecular complexity index is 893. The molecule has 12 nitrogen and oxygen atoms in total. The van der Waals surface area contributed by atoms with Crippen LogP contribution in [-0.2, 0) is 30.4 Å². The minimum atomic E-state index is -1.53. The third-order valence-corrected chi connectivity index (χ3v) is 5.48. The van der Waals surface area contributed by atoms with Gasteiger partial charge in [0, 0.05) is 6.42 Å². The molecule has 0 aliphatic rings. The van der Waals surface area contributed by atoms with Gasteiger partial charge >= 0.3 is 11.9 Å². The molecule has 0 aromatic heterocycles. The summed E-state index contributed by atoms with van der Waals surface area (Å²) in [7, 11) is 0. The lowest BCUT2D eigenvalue weighted by molar-refractivity contribution is -0.142. The van der Waals surface area contributed by atoms with E-state index in [-0.39, 0.29) is 6.42 Å². The molecule has 35 heavy (non-hydrogen) atoms. The van der Waals surface area contributed by atoms with Gasteiger partial charge in [0.15, 0.2) is 0 Å². The molecule has 0 saturated carbocycles. The first-order valence-electron chi connectivity index (χ1n) is 11.2. The highest BCUT2D eigenvalue weighted by atomic mass is 16.4. The first kappa shape index (κ1) is 29.5. The zero-order valence-electron chi connectivity index (χ0n) is 19.9. The fourth-order valence-corrected chi connectivity index (χ4v) is 3.20. The maximum atomic E-state index is 13.0. The van der Waals surface area contributed by atoms with Crippen LogP contribution in [0, 0.1) is 5.92 Å². The van der Waals surface area contributed by atoms with Gasteiger partial charge in [-0.3, -0.25) is 19.2 Å². The van der Waals surface area contributed by atoms with Gasteiger partial charge in [0.1, 0.15) is 18.1 Å². The van der Waals surface area contributed by atoms with E-state index in [4.69, 9.17) is 10.8 Å². The number of hydrogen-bond donors (Lipinski definition) is 7. The van der Waals surface area contributed by atoms with Crippen molar-refractivity contribution in [1.82, 2.24) is 16.0 Å². The van der Waals surface area contributed by atoms with Crippen LogP contribution in [-0.4, -0.2) is 75.3 Å². The van der Waals surface area contributed by atoms with Crippen molar-refractivity contribution in [2.24, 2.45) is 11.7 Å². The summed E-state index contributed by atoms with van der Waals surface area (Å²) in [6.45, 7) is 4.68. The smallest absolute Gasteiger partial charge is 0.326 e. The molecule has 0 fully saturated rings. The van der Waals surface area contributed by atoms with Crippen molar-refractivity contribution in [1.29, 1.82) is 0 Å². The van der Waals surface area contributed by atoms with Gasteiger partial charge in [-0.25, -0.2) is 4.79 Å². The third-order valence-electron chi connectivity index (χ3n) is 5.48. The average Bonchev–Trinajstić information content (AvgIpc) is 2.79. The quantitative estimate of drug-likeness (QED) is 0.169. The second kappa shape index (κ2) is 14.0. The van der Waals surface area contributed by atoms with E-state index in [0.717, 1.165) is 0 Å². The van der Waals surface area contributed by atoms with E-state index < -0.39 is 72.3 Å². The molecule has 0 radical (unpaired) electrons. The monoisotopic (exact) mass is 494 g/mol. The molecule has 6 unspecified atom stereocenters. The summed E-state index contributed by atoms with van der Waals surface area (Å²) >= 11 is 0. The topological polar surface area (TPSA) is 208 Å². The van der Waals surface area contributed by atoms with E-state index in [1.807, 2.05) is 0 Å². The first-order chi connectivity index (χ1) is 16.4. The number of carbonyl (C=O) groups is 5. The molecule has 0 bridgehead atoms. The van der Waals surface area contributed by atoms with Crippen LogP contribution in [0.1, 0.15) is 39.2 Å². The fourth-order valence-electron chi connectivity index (χ4n) is 3.20. The minimum absolute atomic E-state index is 0.0247. The Labute approximate surface area is 203 Å². The van der Waals surface area contributed by atoms with Gasteiger partial charge in [0.05, 0.1) is 18.6 Å². The van der Waals surface area contributed by atoms with Gasteiger partial charge in [-0.1, -0.05) is 50.6 Å². The Kier molecular flexibility index (Phi) is 11.8. The second-order valence-corrected chi connectivity index (χ2v) is 8.39. The number of benzene rings is 1. The largest absolute Gasteiger partial charge is 0.481 e. The number of carboxylic acid groups (broad SMARTS) is 2. The van der Waals surface area contributed by atoms with Crippen molar-refractivity contribution in [2.75, 3.05) is 0 Å². The van der Waals surface area contributed by atoms with Gasteiger partial charge in [0.2, 0.25) is 17.7 Å². The number of amides is 3. The number of aliphatic hydroxyl groups excluding tert-OH is 1. The molecule has 0 spiro atoms. The number of hydrogen-bond acceptors (Lipinski definition) is 7. The highest BCUT2D eigenvalue weighted by Crippen LogP contribution is 2.11. The van der Waals surface area contributed by atoms with Crippen LogP contribution < -0.4 is 21.7 Å². The molecule has 1 aromatic carbocycles. The molecule has 6 atom stereocenters. The van der Waals surface area contributed by atoms with E-state index >= 15 is 0 Å². The zero-order chi connectivity index (χ0) is 26.7. The van der Waals surface area contributed by atoms with Crippen LogP contribution in [0.15, 0.2) is 30.3 Å². The van der Waals surface area contributed by atoms with Crippen LogP contribution in [0.3, 0.4) is 0 Å². The Balaban J connectivity index is 3.00. The van der Waals surface area contributed by atoms with Crippen molar-refractivity contribution in [2.45, 2.75) is 70.3 Å². The zero-order valence-corrected chi connectivity index (χ0v) is 19.9. The molecule has 0 heterocycles. The number of rotatable bonds is 14. The molecule has 1 aromatic rings. The van der Waals surface area contributed by atoms with Gasteiger partial charge in [-0.15, -0.1) is 0 Å². The maximum absolute atomic E-state index is 13.0. The molecule has 3 amide bonds. The van der Waals surface area contributed by atoms with Crippen LogP contribution >= 0.6 is 0 Å². The van der Waals surface area contributed by atoms with Gasteiger partial charge in [-0.2, -0.15) is 0 Å². The van der Waals surface area contributed by atoms with E-state index in [1.54, 1.807) is 44.2 Å². The lowest BCUT2D eigenvalue weighted by Crippen LogP contribution is -2.61. The fraction of sp³-hybridized carbons (Fsp3) is 0.522. The Morgan fingerprint density at radius 3 is 1.91 bits per heavy atom. The molecule has 8 N–H and O–H groups in total. The van der Waals surface area contributed by atoms with E-state index in [0.29, 0.717) is 12.0 Å². The highest BCUT2D eigenvalue weighted by Gasteiger charge is 2.34. The number of nitrogens with one attached hydrogen (secondary N) is 3. The van der Waals surface area contributed by atoms with Crippen molar-refractivity contribution < 1.29 is 39.3 Å². The molecule has 12 heteroatoms. The summed E-state index contributed by atoms with van der Waals surface area (Å²) in [6, 6.07) is 3.30. The van der Waals surface area contributed by atoms with Crippen LogP contribution in [0.25, 0.3) is 0 Å². The molecular weight excluding hydrogens is 460 g/mol. The van der Waals surface area contributed by atoms with E-state index in [9.17, 15) is 34.2 Å². The molecule has 0 aliphatic heterocycles. The highest BCUT2D eigenvalue weighted by molar-refractivity contribution is 5.95. The van der Waals surface area contributed by atoms with Gasteiger partial charge in [-0.05, 0) is 18.4 Å². The molecule has 194 valence electrons. The predicted molar refractivity (Wildman–Crippen MR) is 125 cm³/mol. The summed E-state index contributed by atoms with van der Waals surface area (Å²) in [4.78, 5) is 60.6. The maximum Gasteiger partial charge on any atom is 0.326 e. The standard InChI is InChI=1S/C23H34N4O8/c1-4-12(2)18(21(32)25-16(23(34)35)10-14-8-6-5-7-9-14)26-22(33)19(13(3)28)27-20(31)15(24)11-17(29)30/h5-9,12-13,15-16,18-19,28H,4,10-11,24H2,1-3H3,(H,25,32)(H,26,33)(H,27,31)(H,29,30)(H,34,35). The van der Waals surface area contributed by atoms with Gasteiger partial charge in [0.25, 0.3) is 0 Å². The van der Waals surface area contributed by atoms with Gasteiger partial charge < -0.3 is 37.0 Å². The number of carboxylic acids is 2. The summed E-state index contributed by atoms with van der Waals surface area (Å²) < 4.78 is 0. The molecule has 0 aliphatic carbocycles. The average molecular weight is 495 g/mol. The van der Waals surface area contributed by atoms with E-state index in [1.165, 1.54) is 6.92 Å². The molecule has 0 saturated heterocycles. The number of nitrogens with two attached hydrogens (primary N) is 1. The Morgan fingerprint density at radius 1 is 0.886 bits per heavy atom. The van der Waals surface area contributed by atoms with Crippen LogP contribution in [0.4, 0.5) is 0 Å². The van der Waals surface area contributed by atoms with Crippen molar-refractivity contribution in [3.63, 3.8) is 0 Å². The van der Waals surface area contributed by atoms with Crippen LogP contribution in [0.2, 0.25) is 0 Å². The summed E-state index contributed by atoms with van der Waals surface area (Å²) in [6.07, 6.45) is -1.61. The number of carbonyl (C=O) groups excluding carboxylic acids is 3. The first-order valence-corrected chi connectivity index (χ1v) is 11.2. The Hall–Kier alpha value is -3.51. The SMILES string of the molecule is CCC(C)C(NC(=O)C(NC(=O)C(N)CC(=O)O)C(C)O)C(=O)NC(Cc1ccccc1)C(=O)O. The lowest BCUT2D eigenvalue weighted by atomic mass is 9.96. The summed E-state index contributed by atoms with van der Waals surface area (Å²) in [5, 5.41) is 35.5. The third kappa shape index (κ3) is 9.71. The van der Waals surface area contributed by atoms with Crippen molar-refractivity contribution in [3.8, 4) is 0 Å². The Morgan fingerprint density at radius 2 is 1.43 bits per heavy atom. The minimum Gasteiger partial charge on any atom is -0.481 e. The van der Waals surface area contributed by atoms with Crippen LogP contribution in [0.5, 0.6) is 0 Å². The predicted octanol–water partition coefficient (Wildman–Crippen LogP) is -1.00. The molecule has 1 rings (SSSR count). The van der Waals surface area contributed by atoms with Crippen molar-refractivity contribution >= 4 is 29.7 Å². The van der Waals surface area contributed by atoms with Crippen molar-refractivity contribution in [3.05, 3.63) is 35.9 Å². The summed E-state index contributed by atoms with van der Waals surface area (Å²) in [5.41, 5.74) is 6.20. The number of aliphatic hydroxyl groups is 1. The second-order valence-electron chi connectivity index (χ2n) is 8.39. The van der Waals surface area contributed by atoms with E-state index in [2.05, 4.69) is 16.0 Å². The normalized spacial score (nSPS) is 16.0. The summed E-state index contributed by atoms with van der Waals surface area (Å²) in [5.74, 6) is -5.61. The number of aliphatic carboxylic acids is 2. The molecular formula is C23H34N4O8.